The largest absolute Gasteiger partial charge is 0.317 e. The van der Waals surface area contributed by atoms with Gasteiger partial charge in [-0.2, -0.15) is 0 Å². The van der Waals surface area contributed by atoms with Crippen LogP contribution in [0.2, 0.25) is 0 Å². The summed E-state index contributed by atoms with van der Waals surface area (Å²) < 4.78 is 26.9. The summed E-state index contributed by atoms with van der Waals surface area (Å²) >= 11 is 0. The van der Waals surface area contributed by atoms with Crippen LogP contribution in [0.15, 0.2) is 23.1 Å². The van der Waals surface area contributed by atoms with Gasteiger partial charge in [0.25, 0.3) is 0 Å². The fourth-order valence-electron chi connectivity index (χ4n) is 3.50. The number of halogens is 1. The second kappa shape index (κ2) is 7.00. The molecule has 1 saturated carbocycles. The van der Waals surface area contributed by atoms with E-state index in [1.165, 1.54) is 0 Å². The van der Waals surface area contributed by atoms with Gasteiger partial charge in [-0.05, 0) is 37.0 Å². The summed E-state index contributed by atoms with van der Waals surface area (Å²) in [5, 5.41) is 0. The molecular weight excluding hydrogens is 350 g/mol. The molecule has 0 spiro atoms. The van der Waals surface area contributed by atoms with E-state index >= 15 is 0 Å². The van der Waals surface area contributed by atoms with Crippen molar-refractivity contribution < 1.29 is 13.2 Å². The third kappa shape index (κ3) is 3.31. The van der Waals surface area contributed by atoms with Crippen molar-refractivity contribution in [3.63, 3.8) is 0 Å². The molecule has 24 heavy (non-hydrogen) atoms. The Labute approximate surface area is 149 Å². The van der Waals surface area contributed by atoms with Gasteiger partial charge in [-0.25, -0.2) is 13.1 Å². The minimum absolute atomic E-state index is 0. The quantitative estimate of drug-likeness (QED) is 0.837. The molecule has 3 N–H and O–H groups in total. The molecule has 0 aromatic heterocycles. The standard InChI is InChI=1S/C16H23N3O3S.ClH/c1-2-18-23(21,22)13-6-5-12-7-10-19(14(12)11-13)15(20)16(17)8-3-4-9-16;/h5-6,11,18H,2-4,7-10,17H2,1H3;1H. The zero-order valence-corrected chi connectivity index (χ0v) is 15.4. The number of nitrogens with zero attached hydrogens (tertiary/aromatic N) is 1. The summed E-state index contributed by atoms with van der Waals surface area (Å²) in [7, 11) is -3.53. The maximum atomic E-state index is 12.9. The Bertz CT molecular complexity index is 730. The van der Waals surface area contributed by atoms with E-state index in [4.69, 9.17) is 5.73 Å². The van der Waals surface area contributed by atoms with Crippen molar-refractivity contribution in [2.75, 3.05) is 18.0 Å². The second-order valence-corrected chi connectivity index (χ2v) is 8.13. The first-order valence-electron chi connectivity index (χ1n) is 8.11. The molecule has 1 heterocycles. The third-order valence-corrected chi connectivity index (χ3v) is 6.31. The van der Waals surface area contributed by atoms with E-state index < -0.39 is 15.6 Å². The number of benzene rings is 1. The van der Waals surface area contributed by atoms with Crippen LogP contribution >= 0.6 is 12.4 Å². The zero-order chi connectivity index (χ0) is 16.7. The van der Waals surface area contributed by atoms with Gasteiger partial charge in [-0.3, -0.25) is 4.79 Å². The Morgan fingerprint density at radius 2 is 2.00 bits per heavy atom. The molecule has 0 saturated heterocycles. The van der Waals surface area contributed by atoms with Crippen molar-refractivity contribution >= 4 is 34.0 Å². The van der Waals surface area contributed by atoms with E-state index in [1.54, 1.807) is 30.0 Å². The molecule has 0 bridgehead atoms. The molecule has 0 unspecified atom stereocenters. The summed E-state index contributed by atoms with van der Waals surface area (Å²) in [4.78, 5) is 14.7. The molecule has 1 aliphatic carbocycles. The molecule has 6 nitrogen and oxygen atoms in total. The van der Waals surface area contributed by atoms with Crippen molar-refractivity contribution in [3.05, 3.63) is 23.8 Å². The summed E-state index contributed by atoms with van der Waals surface area (Å²) in [6.45, 7) is 2.63. The fraction of sp³-hybridized carbons (Fsp3) is 0.562. The molecule has 1 fully saturated rings. The van der Waals surface area contributed by atoms with Gasteiger partial charge in [0.05, 0.1) is 10.4 Å². The van der Waals surface area contributed by atoms with E-state index in [-0.39, 0.29) is 23.2 Å². The highest BCUT2D eigenvalue weighted by Crippen LogP contribution is 2.35. The van der Waals surface area contributed by atoms with Crippen LogP contribution in [0.25, 0.3) is 0 Å². The number of sulfonamides is 1. The normalized spacial score (nSPS) is 19.0. The van der Waals surface area contributed by atoms with Gasteiger partial charge in [0.15, 0.2) is 0 Å². The van der Waals surface area contributed by atoms with Crippen LogP contribution < -0.4 is 15.4 Å². The smallest absolute Gasteiger partial charge is 0.247 e. The molecule has 1 aliphatic heterocycles. The first-order valence-corrected chi connectivity index (χ1v) is 9.59. The second-order valence-electron chi connectivity index (χ2n) is 6.36. The lowest BCUT2D eigenvalue weighted by Gasteiger charge is -2.29. The average molecular weight is 374 g/mol. The van der Waals surface area contributed by atoms with E-state index in [9.17, 15) is 13.2 Å². The predicted octanol–water partition coefficient (Wildman–Crippen LogP) is 1.57. The molecule has 0 radical (unpaired) electrons. The van der Waals surface area contributed by atoms with Crippen LogP contribution in [0.4, 0.5) is 5.69 Å². The number of carbonyl (C=O) groups is 1. The van der Waals surface area contributed by atoms with Gasteiger partial charge < -0.3 is 10.6 Å². The Hall–Kier alpha value is -1.15. The van der Waals surface area contributed by atoms with Crippen molar-refractivity contribution in [3.8, 4) is 0 Å². The summed E-state index contributed by atoms with van der Waals surface area (Å²) in [6.07, 6.45) is 4.08. The molecular formula is C16H24ClN3O3S. The molecule has 1 aromatic carbocycles. The van der Waals surface area contributed by atoms with Crippen LogP contribution in [0.3, 0.4) is 0 Å². The number of nitrogens with one attached hydrogen (secondary N) is 1. The Balaban J connectivity index is 0.00000208. The van der Waals surface area contributed by atoms with Crippen molar-refractivity contribution in [1.29, 1.82) is 0 Å². The maximum Gasteiger partial charge on any atom is 0.247 e. The Kier molecular flexibility index (Phi) is 5.59. The fourth-order valence-corrected chi connectivity index (χ4v) is 4.56. The van der Waals surface area contributed by atoms with E-state index in [0.717, 1.165) is 24.8 Å². The van der Waals surface area contributed by atoms with Gasteiger partial charge in [-0.1, -0.05) is 25.8 Å². The molecule has 1 amide bonds. The first kappa shape index (κ1) is 19.2. The lowest BCUT2D eigenvalue weighted by Crippen LogP contribution is -2.53. The molecule has 2 aliphatic rings. The average Bonchev–Trinajstić information content (AvgIpc) is 3.13. The summed E-state index contributed by atoms with van der Waals surface area (Å²) in [6, 6.07) is 4.99. The maximum absolute atomic E-state index is 12.9. The summed E-state index contributed by atoms with van der Waals surface area (Å²) in [5.41, 5.74) is 7.18. The number of hydrogen-bond donors (Lipinski definition) is 2. The summed E-state index contributed by atoms with van der Waals surface area (Å²) in [5.74, 6) is -0.0771. The lowest BCUT2D eigenvalue weighted by molar-refractivity contribution is -0.123. The van der Waals surface area contributed by atoms with Gasteiger partial charge in [-0.15, -0.1) is 12.4 Å². The number of amides is 1. The van der Waals surface area contributed by atoms with Gasteiger partial charge >= 0.3 is 0 Å². The first-order chi connectivity index (χ1) is 10.9. The molecule has 1 aromatic rings. The highest BCUT2D eigenvalue weighted by atomic mass is 35.5. The van der Waals surface area contributed by atoms with Crippen LogP contribution in [-0.4, -0.2) is 33.0 Å². The van der Waals surface area contributed by atoms with Gasteiger partial charge in [0.1, 0.15) is 0 Å². The van der Waals surface area contributed by atoms with E-state index in [0.29, 0.717) is 31.6 Å². The number of rotatable bonds is 4. The van der Waals surface area contributed by atoms with Crippen LogP contribution in [0.1, 0.15) is 38.2 Å². The Morgan fingerprint density at radius 1 is 1.33 bits per heavy atom. The minimum atomic E-state index is -3.53. The van der Waals surface area contributed by atoms with Crippen molar-refractivity contribution in [1.82, 2.24) is 4.72 Å². The monoisotopic (exact) mass is 373 g/mol. The molecule has 0 atom stereocenters. The van der Waals surface area contributed by atoms with E-state index in [1.807, 2.05) is 0 Å². The number of nitrogens with two attached hydrogens (primary N) is 1. The number of fused-ring (bicyclic) bond motifs is 1. The Morgan fingerprint density at radius 3 is 2.62 bits per heavy atom. The molecule has 134 valence electrons. The number of anilines is 1. The molecule has 3 rings (SSSR count). The van der Waals surface area contributed by atoms with Crippen molar-refractivity contribution in [2.24, 2.45) is 5.73 Å². The van der Waals surface area contributed by atoms with E-state index in [2.05, 4.69) is 4.72 Å². The zero-order valence-electron chi connectivity index (χ0n) is 13.7. The lowest BCUT2D eigenvalue weighted by atomic mass is 9.97. The highest BCUT2D eigenvalue weighted by Gasteiger charge is 2.42. The van der Waals surface area contributed by atoms with Gasteiger partial charge in [0, 0.05) is 18.8 Å². The third-order valence-electron chi connectivity index (χ3n) is 4.76. The predicted molar refractivity (Wildman–Crippen MR) is 96.0 cm³/mol. The number of hydrogen-bond acceptors (Lipinski definition) is 4. The van der Waals surface area contributed by atoms with Crippen LogP contribution in [0.5, 0.6) is 0 Å². The SMILES string of the molecule is CCNS(=O)(=O)c1ccc2c(c1)N(C(=O)C1(N)CCCC1)CC2.Cl. The molecule has 8 heteroatoms. The minimum Gasteiger partial charge on any atom is -0.317 e. The van der Waals surface area contributed by atoms with Crippen LogP contribution in [-0.2, 0) is 21.2 Å². The highest BCUT2D eigenvalue weighted by molar-refractivity contribution is 7.89. The van der Waals surface area contributed by atoms with Crippen molar-refractivity contribution in [2.45, 2.75) is 49.5 Å². The van der Waals surface area contributed by atoms with Gasteiger partial charge in [0.2, 0.25) is 15.9 Å². The van der Waals surface area contributed by atoms with Crippen LogP contribution in [0, 0.1) is 0 Å². The topological polar surface area (TPSA) is 92.5 Å². The number of carbonyl (C=O) groups excluding carboxylic acids is 1.